The van der Waals surface area contributed by atoms with Crippen LogP contribution >= 0.6 is 0 Å². The Morgan fingerprint density at radius 1 is 1.07 bits per heavy atom. The normalized spacial score (nSPS) is 25.5. The Morgan fingerprint density at radius 3 is 2.33 bits per heavy atom. The van der Waals surface area contributed by atoms with Gasteiger partial charge in [0, 0.05) is 54.9 Å². The molecule has 3 N–H and O–H groups in total. The minimum atomic E-state index is -5.00. The molecule has 5 rings (SSSR count). The number of aromatic nitrogens is 1. The summed E-state index contributed by atoms with van der Waals surface area (Å²) < 4.78 is 110. The standard InChI is InChI=1S/C29H32F7N5O4/c1-44-17-10-19(30)22(20(31)11-17)18-12-41(26-23(29(34,35)36)21(6-8-37-26)38-16-7-9-45-13-16)27(42)24(18)40-28(43)39-15-4-2-14(3-5-15)25(32)33/h6,8,10-11,14-16,18,24-25H,2-5,7,9,12-13H2,1H3,(H,37,38)(H2,39,40,43)/t14?,15?,16?,18-,24-/m0/s1. The van der Waals surface area contributed by atoms with Gasteiger partial charge in [0.1, 0.15) is 34.8 Å². The fourth-order valence-corrected chi connectivity index (χ4v) is 6.18. The molecule has 0 bridgehead atoms. The lowest BCUT2D eigenvalue weighted by atomic mass is 9.86. The molecule has 3 heterocycles. The van der Waals surface area contributed by atoms with Crippen LogP contribution in [0, 0.1) is 17.6 Å². The molecular weight excluding hydrogens is 615 g/mol. The Balaban J connectivity index is 1.47. The first-order valence-electron chi connectivity index (χ1n) is 14.5. The molecule has 2 aliphatic heterocycles. The zero-order valence-electron chi connectivity index (χ0n) is 24.1. The monoisotopic (exact) mass is 647 g/mol. The first kappa shape index (κ1) is 32.6. The number of anilines is 2. The highest BCUT2D eigenvalue weighted by atomic mass is 19.4. The van der Waals surface area contributed by atoms with Crippen LogP contribution in [0.25, 0.3) is 0 Å². The number of carbonyl (C=O) groups excluding carboxylic acids is 2. The third-order valence-corrected chi connectivity index (χ3v) is 8.48. The van der Waals surface area contributed by atoms with Crippen molar-refractivity contribution in [1.82, 2.24) is 15.6 Å². The van der Waals surface area contributed by atoms with E-state index in [1.165, 1.54) is 7.11 Å². The van der Waals surface area contributed by atoms with Crippen molar-refractivity contribution in [1.29, 1.82) is 0 Å². The molecule has 1 saturated carbocycles. The summed E-state index contributed by atoms with van der Waals surface area (Å²) in [6.45, 7) is -0.137. The van der Waals surface area contributed by atoms with Gasteiger partial charge >= 0.3 is 12.2 Å². The number of pyridine rings is 1. The van der Waals surface area contributed by atoms with E-state index in [0.29, 0.717) is 17.9 Å². The lowest BCUT2D eigenvalue weighted by Gasteiger charge is -2.29. The summed E-state index contributed by atoms with van der Waals surface area (Å²) in [7, 11) is 1.18. The van der Waals surface area contributed by atoms with E-state index in [1.807, 2.05) is 0 Å². The highest BCUT2D eigenvalue weighted by molar-refractivity contribution is 6.03. The quantitative estimate of drug-likeness (QED) is 0.340. The zero-order chi connectivity index (χ0) is 32.5. The molecule has 0 spiro atoms. The molecule has 16 heteroatoms. The Kier molecular flexibility index (Phi) is 9.60. The molecule has 246 valence electrons. The number of hydrogen-bond donors (Lipinski definition) is 3. The van der Waals surface area contributed by atoms with Crippen molar-refractivity contribution in [2.24, 2.45) is 5.92 Å². The second-order valence-electron chi connectivity index (χ2n) is 11.4. The van der Waals surface area contributed by atoms with Crippen LogP contribution in [0.2, 0.25) is 0 Å². The number of amides is 3. The number of halogens is 7. The predicted molar refractivity (Wildman–Crippen MR) is 147 cm³/mol. The van der Waals surface area contributed by atoms with Gasteiger partial charge in [-0.1, -0.05) is 0 Å². The second-order valence-corrected chi connectivity index (χ2v) is 11.4. The molecule has 2 saturated heterocycles. The number of nitrogens with zero attached hydrogens (tertiary/aromatic N) is 2. The van der Waals surface area contributed by atoms with Crippen LogP contribution in [0.3, 0.4) is 0 Å². The average molecular weight is 648 g/mol. The maximum absolute atomic E-state index is 15.3. The van der Waals surface area contributed by atoms with E-state index < -0.39 is 89.6 Å². The fourth-order valence-electron chi connectivity index (χ4n) is 6.18. The summed E-state index contributed by atoms with van der Waals surface area (Å²) in [6, 6.07) is -0.758. The van der Waals surface area contributed by atoms with E-state index in [4.69, 9.17) is 9.47 Å². The van der Waals surface area contributed by atoms with E-state index >= 15 is 8.78 Å². The molecule has 3 fully saturated rings. The SMILES string of the molecule is COc1cc(F)c([C@@H]2CN(c3nccc(NC4CCOC4)c3C(F)(F)F)C(=O)[C@H]2NC(=O)NC2CCC(C(F)F)CC2)c(F)c1. The number of nitrogens with one attached hydrogen (secondary N) is 3. The van der Waals surface area contributed by atoms with Gasteiger partial charge in [-0.25, -0.2) is 27.3 Å². The average Bonchev–Trinajstić information content (AvgIpc) is 3.60. The minimum Gasteiger partial charge on any atom is -0.497 e. The third-order valence-electron chi connectivity index (χ3n) is 8.48. The van der Waals surface area contributed by atoms with Crippen molar-refractivity contribution in [2.45, 2.75) is 68.7 Å². The largest absolute Gasteiger partial charge is 0.497 e. The number of alkyl halides is 5. The lowest BCUT2D eigenvalue weighted by Crippen LogP contribution is -2.51. The van der Waals surface area contributed by atoms with Gasteiger partial charge in [0.2, 0.25) is 6.43 Å². The van der Waals surface area contributed by atoms with E-state index in [0.717, 1.165) is 24.4 Å². The smallest absolute Gasteiger partial charge is 0.421 e. The zero-order valence-corrected chi connectivity index (χ0v) is 24.1. The van der Waals surface area contributed by atoms with Crippen molar-refractivity contribution >= 4 is 23.4 Å². The van der Waals surface area contributed by atoms with Crippen molar-refractivity contribution < 1.29 is 49.8 Å². The van der Waals surface area contributed by atoms with Gasteiger partial charge in [-0.2, -0.15) is 13.2 Å². The summed E-state index contributed by atoms with van der Waals surface area (Å²) in [4.78, 5) is 31.3. The highest BCUT2D eigenvalue weighted by Gasteiger charge is 2.49. The van der Waals surface area contributed by atoms with Gasteiger partial charge in [0.15, 0.2) is 0 Å². The fraction of sp³-hybridized carbons (Fsp3) is 0.552. The number of ether oxygens (including phenoxy) is 2. The number of carbonyl (C=O) groups is 2. The first-order valence-corrected chi connectivity index (χ1v) is 14.5. The third kappa shape index (κ3) is 7.05. The molecule has 2 aromatic rings. The molecule has 3 amide bonds. The number of methoxy groups -OCH3 is 1. The van der Waals surface area contributed by atoms with Crippen LogP contribution in [-0.4, -0.2) is 68.3 Å². The molecule has 9 nitrogen and oxygen atoms in total. The molecule has 0 radical (unpaired) electrons. The van der Waals surface area contributed by atoms with Crippen LogP contribution < -0.4 is 25.6 Å². The summed E-state index contributed by atoms with van der Waals surface area (Å²) >= 11 is 0. The number of hydrogen-bond acceptors (Lipinski definition) is 6. The van der Waals surface area contributed by atoms with Crippen molar-refractivity contribution in [3.8, 4) is 5.75 Å². The molecule has 3 aliphatic rings. The van der Waals surface area contributed by atoms with Gasteiger partial charge in [0.25, 0.3) is 5.91 Å². The van der Waals surface area contributed by atoms with E-state index in [-0.39, 0.29) is 43.7 Å². The minimum absolute atomic E-state index is 0.160. The lowest BCUT2D eigenvalue weighted by molar-refractivity contribution is -0.136. The summed E-state index contributed by atoms with van der Waals surface area (Å²) in [5.41, 5.74) is -2.26. The second kappa shape index (κ2) is 13.3. The molecule has 1 aromatic heterocycles. The predicted octanol–water partition coefficient (Wildman–Crippen LogP) is 5.21. The van der Waals surface area contributed by atoms with Crippen LogP contribution in [-0.2, 0) is 15.7 Å². The van der Waals surface area contributed by atoms with Gasteiger partial charge in [-0.15, -0.1) is 0 Å². The van der Waals surface area contributed by atoms with Crippen molar-refractivity contribution in [3.63, 3.8) is 0 Å². The summed E-state index contributed by atoms with van der Waals surface area (Å²) in [5, 5.41) is 7.76. The Labute approximate surface area is 253 Å². The molecule has 3 atom stereocenters. The Morgan fingerprint density at radius 2 is 1.76 bits per heavy atom. The van der Waals surface area contributed by atoms with E-state index in [9.17, 15) is 31.5 Å². The highest BCUT2D eigenvalue weighted by Crippen LogP contribution is 2.44. The topological polar surface area (TPSA) is 105 Å². The molecular formula is C29H32F7N5O4. The van der Waals surface area contributed by atoms with Gasteiger partial charge in [0.05, 0.1) is 25.4 Å². The van der Waals surface area contributed by atoms with Crippen molar-refractivity contribution in [2.75, 3.05) is 37.1 Å². The summed E-state index contributed by atoms with van der Waals surface area (Å²) in [6.07, 6.45) is -5.18. The van der Waals surface area contributed by atoms with Gasteiger partial charge < -0.3 is 25.4 Å². The Hall–Kier alpha value is -3.82. The number of rotatable bonds is 8. The number of benzene rings is 1. The molecule has 1 unspecified atom stereocenters. The van der Waals surface area contributed by atoms with Gasteiger partial charge in [-0.3, -0.25) is 9.69 Å². The maximum Gasteiger partial charge on any atom is 0.421 e. The van der Waals surface area contributed by atoms with E-state index in [1.54, 1.807) is 0 Å². The van der Waals surface area contributed by atoms with Crippen molar-refractivity contribution in [3.05, 3.63) is 47.2 Å². The first-order chi connectivity index (χ1) is 21.4. The number of urea groups is 1. The van der Waals surface area contributed by atoms with Gasteiger partial charge in [-0.05, 0) is 38.2 Å². The summed E-state index contributed by atoms with van der Waals surface area (Å²) in [5.74, 6) is -6.60. The molecule has 1 aromatic carbocycles. The van der Waals surface area contributed by atoms with Crippen LogP contribution in [0.5, 0.6) is 5.75 Å². The maximum atomic E-state index is 15.3. The molecule has 45 heavy (non-hydrogen) atoms. The Bertz CT molecular complexity index is 1370. The van der Waals surface area contributed by atoms with Crippen LogP contribution in [0.15, 0.2) is 24.4 Å². The van der Waals surface area contributed by atoms with E-state index in [2.05, 4.69) is 20.9 Å². The van der Waals surface area contributed by atoms with Crippen LogP contribution in [0.1, 0.15) is 49.1 Å². The molecule has 1 aliphatic carbocycles. The van der Waals surface area contributed by atoms with Crippen LogP contribution in [0.4, 0.5) is 47.0 Å².